The molecule has 1 fully saturated rings. The molecule has 1 aromatic heterocycles. The summed E-state index contributed by atoms with van der Waals surface area (Å²) in [6.45, 7) is 1.16. The van der Waals surface area contributed by atoms with Gasteiger partial charge in [-0.15, -0.1) is 0 Å². The second-order valence-corrected chi connectivity index (χ2v) is 6.08. The van der Waals surface area contributed by atoms with Crippen LogP contribution in [0.5, 0.6) is 0 Å². The van der Waals surface area contributed by atoms with E-state index in [1.54, 1.807) is 6.20 Å². The fraction of sp³-hybridized carbons (Fsp3) is 0.600. The Bertz CT molecular complexity index is 446. The standard InChI is InChI=1S/C10H15N3O2S/c1-16(14,15)13-6-2-3-9(7-13)10-4-5-11-8-12-10/h4-5,8-9H,2-3,6-7H2,1H3/t9-/m1/s1. The summed E-state index contributed by atoms with van der Waals surface area (Å²) in [4.78, 5) is 8.05. The van der Waals surface area contributed by atoms with Crippen molar-refractivity contribution in [1.29, 1.82) is 0 Å². The fourth-order valence-corrected chi connectivity index (χ4v) is 2.94. The van der Waals surface area contributed by atoms with Crippen molar-refractivity contribution in [2.45, 2.75) is 18.8 Å². The van der Waals surface area contributed by atoms with E-state index < -0.39 is 10.0 Å². The van der Waals surface area contributed by atoms with Gasteiger partial charge in [-0.05, 0) is 18.9 Å². The van der Waals surface area contributed by atoms with E-state index in [1.165, 1.54) is 16.9 Å². The fourth-order valence-electron chi connectivity index (χ4n) is 2.03. The van der Waals surface area contributed by atoms with Gasteiger partial charge in [0.2, 0.25) is 10.0 Å². The summed E-state index contributed by atoms with van der Waals surface area (Å²) in [5, 5.41) is 0. The van der Waals surface area contributed by atoms with E-state index in [0.717, 1.165) is 18.5 Å². The molecule has 0 amide bonds. The molecular weight excluding hydrogens is 226 g/mol. The predicted molar refractivity (Wildman–Crippen MR) is 60.4 cm³/mol. The van der Waals surface area contributed by atoms with Gasteiger partial charge in [-0.1, -0.05) is 0 Å². The Morgan fingerprint density at radius 2 is 2.31 bits per heavy atom. The number of piperidine rings is 1. The Morgan fingerprint density at radius 3 is 2.94 bits per heavy atom. The Balaban J connectivity index is 2.14. The van der Waals surface area contributed by atoms with Crippen LogP contribution >= 0.6 is 0 Å². The Hall–Kier alpha value is -1.01. The van der Waals surface area contributed by atoms with Crippen molar-refractivity contribution in [3.63, 3.8) is 0 Å². The lowest BCUT2D eigenvalue weighted by Gasteiger charge is -2.30. The van der Waals surface area contributed by atoms with Gasteiger partial charge in [-0.3, -0.25) is 0 Å². The largest absolute Gasteiger partial charge is 0.245 e. The van der Waals surface area contributed by atoms with Crippen LogP contribution in [-0.4, -0.2) is 42.0 Å². The maximum absolute atomic E-state index is 11.5. The Kier molecular flexibility index (Phi) is 3.20. The molecule has 1 aliphatic rings. The molecule has 1 saturated heterocycles. The molecule has 0 N–H and O–H groups in total. The number of nitrogens with zero attached hydrogens (tertiary/aromatic N) is 3. The average Bonchev–Trinajstić information content (AvgIpc) is 2.29. The van der Waals surface area contributed by atoms with Crippen molar-refractivity contribution in [3.8, 4) is 0 Å². The number of hydrogen-bond donors (Lipinski definition) is 0. The minimum Gasteiger partial charge on any atom is -0.245 e. The Morgan fingerprint density at radius 1 is 1.50 bits per heavy atom. The normalized spacial score (nSPS) is 23.2. The first-order valence-corrected chi connectivity index (χ1v) is 7.13. The molecule has 0 unspecified atom stereocenters. The molecule has 2 rings (SSSR count). The highest BCUT2D eigenvalue weighted by Crippen LogP contribution is 2.26. The quantitative estimate of drug-likeness (QED) is 0.761. The van der Waals surface area contributed by atoms with Crippen molar-refractivity contribution in [3.05, 3.63) is 24.3 Å². The van der Waals surface area contributed by atoms with Gasteiger partial charge in [-0.2, -0.15) is 0 Å². The SMILES string of the molecule is CS(=O)(=O)N1CCC[C@@H](c2ccncn2)C1. The van der Waals surface area contributed by atoms with Crippen LogP contribution in [-0.2, 0) is 10.0 Å². The van der Waals surface area contributed by atoms with Crippen LogP contribution in [0.2, 0.25) is 0 Å². The van der Waals surface area contributed by atoms with Crippen molar-refractivity contribution in [2.75, 3.05) is 19.3 Å². The minimum absolute atomic E-state index is 0.200. The van der Waals surface area contributed by atoms with Gasteiger partial charge < -0.3 is 0 Å². The molecule has 0 radical (unpaired) electrons. The zero-order chi connectivity index (χ0) is 11.6. The van der Waals surface area contributed by atoms with E-state index in [9.17, 15) is 8.42 Å². The molecule has 0 spiro atoms. The first kappa shape index (κ1) is 11.5. The summed E-state index contributed by atoms with van der Waals surface area (Å²) in [6, 6.07) is 1.86. The molecule has 88 valence electrons. The van der Waals surface area contributed by atoms with Crippen LogP contribution in [0.25, 0.3) is 0 Å². The number of hydrogen-bond acceptors (Lipinski definition) is 4. The molecule has 1 atom stereocenters. The molecule has 2 heterocycles. The molecule has 5 nitrogen and oxygen atoms in total. The second-order valence-electron chi connectivity index (χ2n) is 4.09. The minimum atomic E-state index is -3.08. The summed E-state index contributed by atoms with van der Waals surface area (Å²) in [5.41, 5.74) is 0.934. The first-order chi connectivity index (χ1) is 7.57. The van der Waals surface area contributed by atoms with Crippen LogP contribution in [0.1, 0.15) is 24.5 Å². The maximum atomic E-state index is 11.5. The summed E-state index contributed by atoms with van der Waals surface area (Å²) in [7, 11) is -3.08. The van der Waals surface area contributed by atoms with Gasteiger partial charge in [0.25, 0.3) is 0 Å². The van der Waals surface area contributed by atoms with Crippen LogP contribution in [0, 0.1) is 0 Å². The van der Waals surface area contributed by atoms with Crippen molar-refractivity contribution < 1.29 is 8.42 Å². The van der Waals surface area contributed by atoms with Crippen molar-refractivity contribution in [2.24, 2.45) is 0 Å². The molecule has 6 heteroatoms. The van der Waals surface area contributed by atoms with Gasteiger partial charge in [0.05, 0.1) is 6.26 Å². The van der Waals surface area contributed by atoms with Gasteiger partial charge in [-0.25, -0.2) is 22.7 Å². The van der Waals surface area contributed by atoms with Crippen molar-refractivity contribution in [1.82, 2.24) is 14.3 Å². The van der Waals surface area contributed by atoms with Crippen LogP contribution in [0.3, 0.4) is 0 Å². The molecular formula is C10H15N3O2S. The van der Waals surface area contributed by atoms with E-state index in [0.29, 0.717) is 13.1 Å². The highest BCUT2D eigenvalue weighted by molar-refractivity contribution is 7.88. The zero-order valence-electron chi connectivity index (χ0n) is 9.20. The molecule has 16 heavy (non-hydrogen) atoms. The second kappa shape index (κ2) is 4.47. The molecule has 0 aliphatic carbocycles. The zero-order valence-corrected chi connectivity index (χ0v) is 10.0. The topological polar surface area (TPSA) is 63.2 Å². The van der Waals surface area contributed by atoms with E-state index in [2.05, 4.69) is 9.97 Å². The van der Waals surface area contributed by atoms with Gasteiger partial charge in [0, 0.05) is 30.9 Å². The summed E-state index contributed by atoms with van der Waals surface area (Å²) in [5.74, 6) is 0.200. The predicted octanol–water partition coefficient (Wildman–Crippen LogP) is 0.616. The molecule has 1 aliphatic heterocycles. The van der Waals surface area contributed by atoms with Gasteiger partial charge >= 0.3 is 0 Å². The molecule has 1 aromatic rings. The third kappa shape index (κ3) is 2.56. The highest BCUT2D eigenvalue weighted by atomic mass is 32.2. The monoisotopic (exact) mass is 241 g/mol. The van der Waals surface area contributed by atoms with Gasteiger partial charge in [0.1, 0.15) is 6.33 Å². The van der Waals surface area contributed by atoms with Crippen LogP contribution < -0.4 is 0 Å². The number of aromatic nitrogens is 2. The van der Waals surface area contributed by atoms with E-state index in [-0.39, 0.29) is 5.92 Å². The van der Waals surface area contributed by atoms with E-state index >= 15 is 0 Å². The summed E-state index contributed by atoms with van der Waals surface area (Å²) in [6.07, 6.45) is 6.34. The van der Waals surface area contributed by atoms with Crippen LogP contribution in [0.4, 0.5) is 0 Å². The van der Waals surface area contributed by atoms with Crippen LogP contribution in [0.15, 0.2) is 18.6 Å². The summed E-state index contributed by atoms with van der Waals surface area (Å²) >= 11 is 0. The Labute approximate surface area is 95.6 Å². The molecule has 0 aromatic carbocycles. The maximum Gasteiger partial charge on any atom is 0.211 e. The van der Waals surface area contributed by atoms with Crippen molar-refractivity contribution >= 4 is 10.0 Å². The van der Waals surface area contributed by atoms with E-state index in [4.69, 9.17) is 0 Å². The molecule has 0 bridgehead atoms. The third-order valence-corrected chi connectivity index (χ3v) is 4.15. The first-order valence-electron chi connectivity index (χ1n) is 5.28. The average molecular weight is 241 g/mol. The van der Waals surface area contributed by atoms with Gasteiger partial charge in [0.15, 0.2) is 0 Å². The van der Waals surface area contributed by atoms with E-state index in [1.807, 2.05) is 6.07 Å². The lowest BCUT2D eigenvalue weighted by molar-refractivity contribution is 0.314. The lowest BCUT2D eigenvalue weighted by Crippen LogP contribution is -2.38. The third-order valence-electron chi connectivity index (χ3n) is 2.88. The highest BCUT2D eigenvalue weighted by Gasteiger charge is 2.27. The number of rotatable bonds is 2. The molecule has 0 saturated carbocycles. The summed E-state index contributed by atoms with van der Waals surface area (Å²) < 4.78 is 24.4. The smallest absolute Gasteiger partial charge is 0.211 e. The lowest BCUT2D eigenvalue weighted by atomic mass is 9.96. The number of sulfonamides is 1.